The number of rotatable bonds is 7. The van der Waals surface area contributed by atoms with Gasteiger partial charge in [-0.15, -0.1) is 11.3 Å². The predicted octanol–water partition coefficient (Wildman–Crippen LogP) is 7.02. The standard InChI is InChI=1S/C30H28FN7S/c1-17-6-7-25(39-17)29-28-24(8-9-34-29)35-30(36-28)27-22-11-20(12-23(31)26(22)37-38-27)21-10-19(15-33-16-21)14-32-13-18-4-2-3-5-18/h6-12,15-16,18,32H,2-5,13-14H2,1H3,(H,35,36)(H,37,38). The third kappa shape index (κ3) is 4.62. The maximum Gasteiger partial charge on any atom is 0.157 e. The second-order valence-corrected chi connectivity index (χ2v) is 11.7. The Kier molecular flexibility index (Phi) is 6.17. The van der Waals surface area contributed by atoms with Gasteiger partial charge >= 0.3 is 0 Å². The van der Waals surface area contributed by atoms with E-state index in [1.54, 1.807) is 23.7 Å². The number of hydrogen-bond donors (Lipinski definition) is 3. The van der Waals surface area contributed by atoms with Gasteiger partial charge in [-0.1, -0.05) is 12.8 Å². The highest BCUT2D eigenvalue weighted by Gasteiger charge is 2.19. The zero-order chi connectivity index (χ0) is 26.3. The van der Waals surface area contributed by atoms with E-state index in [9.17, 15) is 0 Å². The van der Waals surface area contributed by atoms with Crippen molar-refractivity contribution < 1.29 is 4.39 Å². The quantitative estimate of drug-likeness (QED) is 0.203. The molecule has 1 aliphatic rings. The Morgan fingerprint density at radius 2 is 1.95 bits per heavy atom. The van der Waals surface area contributed by atoms with E-state index in [0.717, 1.165) is 57.3 Å². The van der Waals surface area contributed by atoms with E-state index in [1.807, 2.05) is 18.3 Å². The molecule has 0 bridgehead atoms. The Morgan fingerprint density at radius 3 is 2.79 bits per heavy atom. The topological polar surface area (TPSA) is 95.2 Å². The summed E-state index contributed by atoms with van der Waals surface area (Å²) in [4.78, 5) is 19.6. The van der Waals surface area contributed by atoms with E-state index in [4.69, 9.17) is 4.98 Å². The molecular weight excluding hydrogens is 509 g/mol. The van der Waals surface area contributed by atoms with E-state index in [1.165, 1.54) is 36.6 Å². The molecule has 0 amide bonds. The normalized spacial score (nSPS) is 14.2. The molecule has 7 nitrogen and oxygen atoms in total. The van der Waals surface area contributed by atoms with Crippen LogP contribution >= 0.6 is 11.3 Å². The van der Waals surface area contributed by atoms with Crippen LogP contribution in [0.4, 0.5) is 4.39 Å². The number of fused-ring (bicyclic) bond motifs is 2. The largest absolute Gasteiger partial charge is 0.337 e. The summed E-state index contributed by atoms with van der Waals surface area (Å²) in [5, 5.41) is 11.5. The molecule has 0 saturated heterocycles. The second kappa shape index (κ2) is 9.98. The van der Waals surface area contributed by atoms with Gasteiger partial charge in [0.2, 0.25) is 0 Å². The van der Waals surface area contributed by atoms with Gasteiger partial charge in [-0.25, -0.2) is 9.37 Å². The maximum atomic E-state index is 15.3. The molecule has 0 spiro atoms. The Morgan fingerprint density at radius 1 is 1.05 bits per heavy atom. The number of H-pyrrole nitrogens is 2. The number of thiophene rings is 1. The summed E-state index contributed by atoms with van der Waals surface area (Å²) in [6.07, 6.45) is 10.7. The number of nitrogens with one attached hydrogen (secondary N) is 3. The molecule has 3 N–H and O–H groups in total. The zero-order valence-corrected chi connectivity index (χ0v) is 22.4. The molecule has 5 heterocycles. The van der Waals surface area contributed by atoms with Crippen molar-refractivity contribution in [3.63, 3.8) is 0 Å². The fourth-order valence-corrected chi connectivity index (χ4v) is 6.46. The number of hydrogen-bond acceptors (Lipinski definition) is 6. The molecule has 0 unspecified atom stereocenters. The highest BCUT2D eigenvalue weighted by atomic mass is 32.1. The molecule has 9 heteroatoms. The lowest BCUT2D eigenvalue weighted by Crippen LogP contribution is -2.20. The first-order valence-electron chi connectivity index (χ1n) is 13.4. The highest BCUT2D eigenvalue weighted by Crippen LogP contribution is 2.35. The molecule has 1 aliphatic carbocycles. The van der Waals surface area contributed by atoms with Gasteiger partial charge in [-0.05, 0) is 79.8 Å². The van der Waals surface area contributed by atoms with Crippen molar-refractivity contribution in [3.05, 3.63) is 71.2 Å². The number of aromatic nitrogens is 6. The lowest BCUT2D eigenvalue weighted by molar-refractivity contribution is 0.489. The molecule has 7 rings (SSSR count). The number of pyridine rings is 2. The zero-order valence-electron chi connectivity index (χ0n) is 21.6. The van der Waals surface area contributed by atoms with Crippen LogP contribution in [0.25, 0.3) is 55.2 Å². The predicted molar refractivity (Wildman–Crippen MR) is 154 cm³/mol. The number of aryl methyl sites for hydroxylation is 1. The monoisotopic (exact) mass is 537 g/mol. The van der Waals surface area contributed by atoms with Crippen molar-refractivity contribution in [1.82, 2.24) is 35.5 Å². The lowest BCUT2D eigenvalue weighted by atomic mass is 10.0. The average Bonchev–Trinajstić information content (AvgIpc) is 3.75. The fraction of sp³-hybridized carbons (Fsp3) is 0.267. The summed E-state index contributed by atoms with van der Waals surface area (Å²) < 4.78 is 15.3. The van der Waals surface area contributed by atoms with Gasteiger partial charge in [0.25, 0.3) is 0 Å². The van der Waals surface area contributed by atoms with Gasteiger partial charge in [-0.2, -0.15) is 5.10 Å². The van der Waals surface area contributed by atoms with Gasteiger partial charge in [0.15, 0.2) is 11.6 Å². The molecule has 1 fully saturated rings. The summed E-state index contributed by atoms with van der Waals surface area (Å²) in [5.41, 5.74) is 6.08. The van der Waals surface area contributed by atoms with E-state index < -0.39 is 0 Å². The fourth-order valence-electron chi connectivity index (χ4n) is 5.60. The number of imidazole rings is 1. The van der Waals surface area contributed by atoms with Crippen LogP contribution in [0.5, 0.6) is 0 Å². The van der Waals surface area contributed by atoms with Crippen LogP contribution in [0.1, 0.15) is 36.1 Å². The molecule has 0 atom stereocenters. The van der Waals surface area contributed by atoms with Crippen LogP contribution in [-0.4, -0.2) is 36.7 Å². The van der Waals surface area contributed by atoms with Crippen LogP contribution in [-0.2, 0) is 6.54 Å². The number of nitrogens with zero attached hydrogens (tertiary/aromatic N) is 4. The Balaban J connectivity index is 1.23. The molecule has 1 aromatic carbocycles. The SMILES string of the molecule is Cc1ccc(-c2nccc3[nH]c(-c4[nH]nc5c(F)cc(-c6cncc(CNCC7CCCC7)c6)cc45)nc23)s1. The van der Waals surface area contributed by atoms with Gasteiger partial charge in [0, 0.05) is 41.0 Å². The van der Waals surface area contributed by atoms with E-state index in [2.05, 4.69) is 55.6 Å². The molecule has 5 aromatic heterocycles. The Labute approximate surface area is 229 Å². The first kappa shape index (κ1) is 24.1. The minimum absolute atomic E-state index is 0.281. The maximum absolute atomic E-state index is 15.3. The summed E-state index contributed by atoms with van der Waals surface area (Å²) >= 11 is 1.68. The van der Waals surface area contributed by atoms with Crippen molar-refractivity contribution in [2.45, 2.75) is 39.2 Å². The van der Waals surface area contributed by atoms with Gasteiger partial charge in [0.1, 0.15) is 22.4 Å². The van der Waals surface area contributed by atoms with Crippen LogP contribution < -0.4 is 5.32 Å². The van der Waals surface area contributed by atoms with Crippen LogP contribution in [0, 0.1) is 18.7 Å². The lowest BCUT2D eigenvalue weighted by Gasteiger charge is -2.11. The Bertz CT molecular complexity index is 1790. The van der Waals surface area contributed by atoms with Crippen molar-refractivity contribution >= 4 is 33.3 Å². The van der Waals surface area contributed by atoms with Crippen molar-refractivity contribution in [1.29, 1.82) is 0 Å². The third-order valence-electron chi connectivity index (χ3n) is 7.59. The number of halogens is 1. The molecule has 1 saturated carbocycles. The van der Waals surface area contributed by atoms with Crippen molar-refractivity contribution in [2.75, 3.05) is 6.54 Å². The van der Waals surface area contributed by atoms with E-state index in [-0.39, 0.29) is 11.3 Å². The molecule has 0 radical (unpaired) electrons. The highest BCUT2D eigenvalue weighted by molar-refractivity contribution is 7.15. The molecular formula is C30H28FN7S. The Hall–Kier alpha value is -3.95. The van der Waals surface area contributed by atoms with Crippen LogP contribution in [0.15, 0.2) is 55.0 Å². The van der Waals surface area contributed by atoms with Gasteiger partial charge in [0.05, 0.1) is 10.4 Å². The first-order chi connectivity index (χ1) is 19.1. The van der Waals surface area contributed by atoms with Gasteiger partial charge < -0.3 is 10.3 Å². The number of benzene rings is 1. The van der Waals surface area contributed by atoms with E-state index in [0.29, 0.717) is 16.9 Å². The third-order valence-corrected chi connectivity index (χ3v) is 8.60. The molecule has 6 aromatic rings. The molecule has 39 heavy (non-hydrogen) atoms. The van der Waals surface area contributed by atoms with Crippen LogP contribution in [0.3, 0.4) is 0 Å². The summed E-state index contributed by atoms with van der Waals surface area (Å²) in [6.45, 7) is 3.85. The average molecular weight is 538 g/mol. The minimum Gasteiger partial charge on any atom is -0.337 e. The first-order valence-corrected chi connectivity index (χ1v) is 14.2. The van der Waals surface area contributed by atoms with Crippen LogP contribution in [0.2, 0.25) is 0 Å². The smallest absolute Gasteiger partial charge is 0.157 e. The molecule has 196 valence electrons. The number of aromatic amines is 2. The summed E-state index contributed by atoms with van der Waals surface area (Å²) in [6, 6.07) is 11.6. The van der Waals surface area contributed by atoms with Crippen molar-refractivity contribution in [2.24, 2.45) is 5.92 Å². The summed E-state index contributed by atoms with van der Waals surface area (Å²) in [5.74, 6) is 0.980. The van der Waals surface area contributed by atoms with E-state index >= 15 is 4.39 Å². The molecule has 0 aliphatic heterocycles. The minimum atomic E-state index is -0.387. The second-order valence-electron chi connectivity index (χ2n) is 10.4. The summed E-state index contributed by atoms with van der Waals surface area (Å²) in [7, 11) is 0. The van der Waals surface area contributed by atoms with Gasteiger partial charge in [-0.3, -0.25) is 15.1 Å². The van der Waals surface area contributed by atoms with Crippen molar-refractivity contribution in [3.8, 4) is 33.2 Å².